The second-order valence-corrected chi connectivity index (χ2v) is 8.44. The van der Waals surface area contributed by atoms with E-state index in [0.717, 1.165) is 22.4 Å². The molecule has 2 aromatic carbocycles. The maximum absolute atomic E-state index is 13.1. The van der Waals surface area contributed by atoms with Crippen molar-refractivity contribution in [3.63, 3.8) is 0 Å². The van der Waals surface area contributed by atoms with Gasteiger partial charge in [-0.25, -0.2) is 0 Å². The van der Waals surface area contributed by atoms with E-state index in [1.54, 1.807) is 13.2 Å². The number of pyridine rings is 1. The Hall–Kier alpha value is -3.47. The largest absolute Gasteiger partial charge is 0.359 e. The van der Waals surface area contributed by atoms with Crippen LogP contribution in [-0.2, 0) is 22.4 Å². The summed E-state index contributed by atoms with van der Waals surface area (Å²) in [5, 5.41) is 2.89. The number of piperidine rings is 1. The smallest absolute Gasteiger partial charge is 0.228 e. The van der Waals surface area contributed by atoms with Gasteiger partial charge in [-0.3, -0.25) is 14.6 Å². The van der Waals surface area contributed by atoms with E-state index in [1.807, 2.05) is 53.4 Å². The van der Waals surface area contributed by atoms with Crippen molar-refractivity contribution in [3.8, 4) is 11.1 Å². The Labute approximate surface area is 189 Å². The number of carbonyl (C=O) groups excluding carboxylic acids is 2. The SMILES string of the molecule is CNC(=O)C1(Cc2ccccc2-c2ccccc2)CCN(C(=O)Cc2ccccn2)CC1. The normalized spacial score (nSPS) is 15.2. The molecule has 0 unspecified atom stereocenters. The lowest BCUT2D eigenvalue weighted by Crippen LogP contribution is -2.51. The van der Waals surface area contributed by atoms with Crippen LogP contribution in [0.3, 0.4) is 0 Å². The van der Waals surface area contributed by atoms with Crippen molar-refractivity contribution >= 4 is 11.8 Å². The van der Waals surface area contributed by atoms with Gasteiger partial charge in [-0.2, -0.15) is 0 Å². The van der Waals surface area contributed by atoms with Gasteiger partial charge in [-0.1, -0.05) is 60.7 Å². The third-order valence-corrected chi connectivity index (χ3v) is 6.47. The lowest BCUT2D eigenvalue weighted by molar-refractivity contribution is -0.140. The molecule has 5 heteroatoms. The number of hydrogen-bond donors (Lipinski definition) is 1. The standard InChI is InChI=1S/C27H29N3O2/c1-28-26(32)27(20-22-11-5-6-13-24(22)21-9-3-2-4-10-21)14-17-30(18-15-27)25(31)19-23-12-7-8-16-29-23/h2-13,16H,14-15,17-20H2,1H3,(H,28,32). The number of hydrogen-bond acceptors (Lipinski definition) is 3. The molecule has 4 rings (SSSR count). The third kappa shape index (κ3) is 4.72. The molecule has 32 heavy (non-hydrogen) atoms. The van der Waals surface area contributed by atoms with Crippen LogP contribution in [0.4, 0.5) is 0 Å². The van der Waals surface area contributed by atoms with Crippen LogP contribution in [0.5, 0.6) is 0 Å². The highest BCUT2D eigenvalue weighted by atomic mass is 16.2. The van der Waals surface area contributed by atoms with E-state index in [0.29, 0.717) is 38.8 Å². The van der Waals surface area contributed by atoms with Gasteiger partial charge in [-0.05, 0) is 48.1 Å². The molecule has 2 amide bonds. The number of benzene rings is 2. The minimum absolute atomic E-state index is 0.0530. The van der Waals surface area contributed by atoms with E-state index in [4.69, 9.17) is 0 Å². The molecule has 1 aromatic heterocycles. The molecule has 1 aliphatic rings. The molecule has 1 saturated heterocycles. The summed E-state index contributed by atoms with van der Waals surface area (Å²) >= 11 is 0. The average molecular weight is 428 g/mol. The van der Waals surface area contributed by atoms with Crippen LogP contribution in [0.25, 0.3) is 11.1 Å². The molecule has 164 valence electrons. The van der Waals surface area contributed by atoms with Gasteiger partial charge in [0.2, 0.25) is 11.8 Å². The monoisotopic (exact) mass is 427 g/mol. The Balaban J connectivity index is 1.52. The number of carbonyl (C=O) groups is 2. The molecule has 0 aliphatic carbocycles. The highest BCUT2D eigenvalue weighted by molar-refractivity contribution is 5.84. The van der Waals surface area contributed by atoms with E-state index in [2.05, 4.69) is 34.6 Å². The summed E-state index contributed by atoms with van der Waals surface area (Å²) < 4.78 is 0. The Bertz CT molecular complexity index is 1060. The lowest BCUT2D eigenvalue weighted by atomic mass is 9.72. The average Bonchev–Trinajstić information content (AvgIpc) is 2.85. The van der Waals surface area contributed by atoms with Gasteiger partial charge in [0.25, 0.3) is 0 Å². The molecule has 1 fully saturated rings. The van der Waals surface area contributed by atoms with Crippen LogP contribution in [0, 0.1) is 5.41 Å². The zero-order valence-electron chi connectivity index (χ0n) is 18.5. The molecule has 5 nitrogen and oxygen atoms in total. The van der Waals surface area contributed by atoms with E-state index in [-0.39, 0.29) is 11.8 Å². The molecule has 3 aromatic rings. The Morgan fingerprint density at radius 3 is 2.31 bits per heavy atom. The first kappa shape index (κ1) is 21.8. The second kappa shape index (κ2) is 9.77. The number of nitrogens with one attached hydrogen (secondary N) is 1. The summed E-state index contributed by atoms with van der Waals surface area (Å²) in [7, 11) is 1.70. The molecule has 1 aliphatic heterocycles. The Kier molecular flexibility index (Phi) is 6.64. The maximum atomic E-state index is 13.1. The summed E-state index contributed by atoms with van der Waals surface area (Å²) in [5.41, 5.74) is 3.72. The first-order chi connectivity index (χ1) is 15.6. The number of rotatable bonds is 6. The minimum Gasteiger partial charge on any atom is -0.359 e. The fraction of sp³-hybridized carbons (Fsp3) is 0.296. The highest BCUT2D eigenvalue weighted by Crippen LogP contribution is 2.38. The van der Waals surface area contributed by atoms with Gasteiger partial charge in [0.15, 0.2) is 0 Å². The van der Waals surface area contributed by atoms with Gasteiger partial charge in [0.1, 0.15) is 0 Å². The summed E-state index contributed by atoms with van der Waals surface area (Å²) in [6, 6.07) is 24.2. The van der Waals surface area contributed by atoms with Gasteiger partial charge in [0.05, 0.1) is 11.8 Å². The first-order valence-electron chi connectivity index (χ1n) is 11.1. The summed E-state index contributed by atoms with van der Waals surface area (Å²) in [6.07, 6.45) is 3.94. The van der Waals surface area contributed by atoms with Crippen molar-refractivity contribution in [1.82, 2.24) is 15.2 Å². The molecule has 2 heterocycles. The molecule has 0 atom stereocenters. The molecule has 1 N–H and O–H groups in total. The molecule has 0 spiro atoms. The van der Waals surface area contributed by atoms with Crippen LogP contribution < -0.4 is 5.32 Å². The van der Waals surface area contributed by atoms with E-state index in [1.165, 1.54) is 0 Å². The van der Waals surface area contributed by atoms with Gasteiger partial charge in [0, 0.05) is 32.0 Å². The van der Waals surface area contributed by atoms with Crippen molar-refractivity contribution in [3.05, 3.63) is 90.3 Å². The molecule has 0 saturated carbocycles. The zero-order valence-corrected chi connectivity index (χ0v) is 18.5. The topological polar surface area (TPSA) is 62.3 Å². The summed E-state index contributed by atoms with van der Waals surface area (Å²) in [4.78, 5) is 32.0. The van der Waals surface area contributed by atoms with Crippen LogP contribution >= 0.6 is 0 Å². The van der Waals surface area contributed by atoms with Crippen molar-refractivity contribution in [2.45, 2.75) is 25.7 Å². The Morgan fingerprint density at radius 2 is 1.62 bits per heavy atom. The third-order valence-electron chi connectivity index (χ3n) is 6.47. The summed E-state index contributed by atoms with van der Waals surface area (Å²) in [6.45, 7) is 1.15. The van der Waals surface area contributed by atoms with Crippen LogP contribution in [0.1, 0.15) is 24.1 Å². The number of likely N-dealkylation sites (tertiary alicyclic amines) is 1. The summed E-state index contributed by atoms with van der Waals surface area (Å²) in [5.74, 6) is 0.121. The van der Waals surface area contributed by atoms with Gasteiger partial charge in [-0.15, -0.1) is 0 Å². The molecule has 0 bridgehead atoms. The van der Waals surface area contributed by atoms with E-state index >= 15 is 0 Å². The van der Waals surface area contributed by atoms with Crippen molar-refractivity contribution in [2.24, 2.45) is 5.41 Å². The quantitative estimate of drug-likeness (QED) is 0.649. The highest BCUT2D eigenvalue weighted by Gasteiger charge is 2.42. The fourth-order valence-corrected chi connectivity index (χ4v) is 4.64. The second-order valence-electron chi connectivity index (χ2n) is 8.44. The van der Waals surface area contributed by atoms with Crippen molar-refractivity contribution < 1.29 is 9.59 Å². The maximum Gasteiger partial charge on any atom is 0.228 e. The van der Waals surface area contributed by atoms with Crippen LogP contribution in [0.15, 0.2) is 79.0 Å². The van der Waals surface area contributed by atoms with Crippen LogP contribution in [-0.4, -0.2) is 41.8 Å². The number of amides is 2. The minimum atomic E-state index is -0.526. The molecule has 0 radical (unpaired) electrons. The van der Waals surface area contributed by atoms with E-state index < -0.39 is 5.41 Å². The Morgan fingerprint density at radius 1 is 0.938 bits per heavy atom. The fourth-order valence-electron chi connectivity index (χ4n) is 4.64. The first-order valence-corrected chi connectivity index (χ1v) is 11.1. The number of nitrogens with zero attached hydrogens (tertiary/aromatic N) is 2. The zero-order chi connectivity index (χ0) is 22.4. The molecular weight excluding hydrogens is 398 g/mol. The predicted octanol–water partition coefficient (Wildman–Crippen LogP) is 3.89. The van der Waals surface area contributed by atoms with Crippen molar-refractivity contribution in [2.75, 3.05) is 20.1 Å². The van der Waals surface area contributed by atoms with Crippen LogP contribution in [0.2, 0.25) is 0 Å². The van der Waals surface area contributed by atoms with Gasteiger partial charge >= 0.3 is 0 Å². The number of aromatic nitrogens is 1. The molecular formula is C27H29N3O2. The van der Waals surface area contributed by atoms with Gasteiger partial charge < -0.3 is 10.2 Å². The van der Waals surface area contributed by atoms with Crippen molar-refractivity contribution in [1.29, 1.82) is 0 Å². The van der Waals surface area contributed by atoms with E-state index in [9.17, 15) is 9.59 Å². The predicted molar refractivity (Wildman–Crippen MR) is 126 cm³/mol. The lowest BCUT2D eigenvalue weighted by Gasteiger charge is -2.41.